The van der Waals surface area contributed by atoms with Crippen LogP contribution in [-0.2, 0) is 14.3 Å². The molecule has 1 saturated carbocycles. The second-order valence-electron chi connectivity index (χ2n) is 9.63. The summed E-state index contributed by atoms with van der Waals surface area (Å²) in [5.74, 6) is -0.349. The number of nitrogens with zero attached hydrogens (tertiary/aromatic N) is 2. The van der Waals surface area contributed by atoms with Crippen LogP contribution in [0.5, 0.6) is 0 Å². The standard InChI is InChI=1S/C25H29N3O4/c1-15-13-28(25(2)20(29)14-32-22(15)25)24(31)21(16-6-3-4-7-16)27-23(30)18-9-10-19-17(12-18)8-5-11-26-19/h5,8-12,15-16,21-22H,3-4,6-7,13-14H2,1-2H3,(H,27,30)/t15-,21-,22+,25?/m0/s1. The number of amides is 2. The predicted octanol–water partition coefficient (Wildman–Crippen LogP) is 2.73. The Morgan fingerprint density at radius 1 is 1.25 bits per heavy atom. The second kappa shape index (κ2) is 7.96. The number of benzene rings is 1. The van der Waals surface area contributed by atoms with Gasteiger partial charge in [-0.15, -0.1) is 0 Å². The summed E-state index contributed by atoms with van der Waals surface area (Å²) < 4.78 is 5.74. The first-order chi connectivity index (χ1) is 15.4. The first-order valence-corrected chi connectivity index (χ1v) is 11.5. The Labute approximate surface area is 187 Å². The van der Waals surface area contributed by atoms with Crippen LogP contribution in [0.2, 0.25) is 0 Å². The minimum atomic E-state index is -0.952. The summed E-state index contributed by atoms with van der Waals surface area (Å²) in [7, 11) is 0. The quantitative estimate of drug-likeness (QED) is 0.798. The molecule has 1 aromatic heterocycles. The van der Waals surface area contributed by atoms with Crippen LogP contribution in [0.3, 0.4) is 0 Å². The fourth-order valence-electron chi connectivity index (χ4n) is 5.83. The highest BCUT2D eigenvalue weighted by Gasteiger charge is 2.61. The lowest BCUT2D eigenvalue weighted by atomic mass is 9.88. The fourth-order valence-corrected chi connectivity index (χ4v) is 5.83. The van der Waals surface area contributed by atoms with E-state index in [9.17, 15) is 14.4 Å². The Bertz CT molecular complexity index is 1080. The Balaban J connectivity index is 1.43. The van der Waals surface area contributed by atoms with E-state index in [1.807, 2.05) is 32.0 Å². The Kier molecular flexibility index (Phi) is 5.24. The van der Waals surface area contributed by atoms with Crippen LogP contribution in [-0.4, -0.2) is 58.3 Å². The third kappa shape index (κ3) is 3.30. The maximum absolute atomic E-state index is 13.8. The zero-order chi connectivity index (χ0) is 22.5. The zero-order valence-electron chi connectivity index (χ0n) is 18.5. The fraction of sp³-hybridized carbons (Fsp3) is 0.520. The molecule has 1 aromatic carbocycles. The van der Waals surface area contributed by atoms with Crippen LogP contribution in [0.1, 0.15) is 49.9 Å². The van der Waals surface area contributed by atoms with Gasteiger partial charge >= 0.3 is 0 Å². The lowest BCUT2D eigenvalue weighted by molar-refractivity contribution is -0.143. The summed E-state index contributed by atoms with van der Waals surface area (Å²) in [5.41, 5.74) is 0.366. The van der Waals surface area contributed by atoms with E-state index in [0.717, 1.165) is 36.6 Å². The zero-order valence-corrected chi connectivity index (χ0v) is 18.5. The highest BCUT2D eigenvalue weighted by atomic mass is 16.5. The molecule has 2 aromatic rings. The van der Waals surface area contributed by atoms with Crippen molar-refractivity contribution < 1.29 is 19.1 Å². The second-order valence-corrected chi connectivity index (χ2v) is 9.63. The molecule has 5 rings (SSSR count). The van der Waals surface area contributed by atoms with Gasteiger partial charge in [0.1, 0.15) is 18.2 Å². The smallest absolute Gasteiger partial charge is 0.251 e. The van der Waals surface area contributed by atoms with Gasteiger partial charge in [-0.1, -0.05) is 25.8 Å². The average molecular weight is 436 g/mol. The van der Waals surface area contributed by atoms with Gasteiger partial charge in [-0.05, 0) is 49.9 Å². The molecule has 7 heteroatoms. The number of pyridine rings is 1. The molecule has 1 N–H and O–H groups in total. The van der Waals surface area contributed by atoms with Gasteiger partial charge in [-0.3, -0.25) is 19.4 Å². The number of aromatic nitrogens is 1. The Morgan fingerprint density at radius 3 is 2.81 bits per heavy atom. The third-order valence-electron chi connectivity index (χ3n) is 7.62. The van der Waals surface area contributed by atoms with Crippen LogP contribution in [0, 0.1) is 11.8 Å². The monoisotopic (exact) mass is 435 g/mol. The highest BCUT2D eigenvalue weighted by molar-refractivity contribution is 6.02. The molecule has 3 aliphatic rings. The van der Waals surface area contributed by atoms with E-state index in [1.165, 1.54) is 0 Å². The number of ketones is 1. The van der Waals surface area contributed by atoms with Gasteiger partial charge in [0.05, 0.1) is 11.6 Å². The molecule has 1 unspecified atom stereocenters. The van der Waals surface area contributed by atoms with Gasteiger partial charge in [0.25, 0.3) is 5.91 Å². The summed E-state index contributed by atoms with van der Waals surface area (Å²) in [4.78, 5) is 45.8. The molecular weight excluding hydrogens is 406 g/mol. The van der Waals surface area contributed by atoms with Crippen molar-refractivity contribution in [3.8, 4) is 0 Å². The van der Waals surface area contributed by atoms with Crippen molar-refractivity contribution in [1.82, 2.24) is 15.2 Å². The summed E-state index contributed by atoms with van der Waals surface area (Å²) in [6.07, 6.45) is 5.31. The van der Waals surface area contributed by atoms with Crippen LogP contribution >= 0.6 is 0 Å². The molecule has 2 saturated heterocycles. The van der Waals surface area contributed by atoms with E-state index in [-0.39, 0.29) is 42.1 Å². The molecule has 4 atom stereocenters. The lowest BCUT2D eigenvalue weighted by Crippen LogP contribution is -2.59. The molecule has 1 aliphatic carbocycles. The van der Waals surface area contributed by atoms with E-state index in [2.05, 4.69) is 10.3 Å². The summed E-state index contributed by atoms with van der Waals surface area (Å²) in [5, 5.41) is 3.92. The lowest BCUT2D eigenvalue weighted by Gasteiger charge is -2.36. The molecule has 32 heavy (non-hydrogen) atoms. The number of rotatable bonds is 4. The minimum Gasteiger partial charge on any atom is -0.367 e. The van der Waals surface area contributed by atoms with Crippen molar-refractivity contribution in [2.45, 2.75) is 57.2 Å². The van der Waals surface area contributed by atoms with Gasteiger partial charge in [0.2, 0.25) is 5.91 Å². The SMILES string of the molecule is C[C@H]1CN(C(=O)[C@@H](NC(=O)c2ccc3ncccc3c2)C2CCCC2)C2(C)C(=O)CO[C@H]12. The van der Waals surface area contributed by atoms with Crippen LogP contribution < -0.4 is 5.32 Å². The molecule has 2 amide bonds. The minimum absolute atomic E-state index is 0.0425. The number of fused-ring (bicyclic) bond motifs is 2. The number of carbonyl (C=O) groups is 3. The molecule has 3 fully saturated rings. The van der Waals surface area contributed by atoms with Crippen molar-refractivity contribution in [1.29, 1.82) is 0 Å². The molecular formula is C25H29N3O4. The van der Waals surface area contributed by atoms with Crippen molar-refractivity contribution in [3.05, 3.63) is 42.1 Å². The van der Waals surface area contributed by atoms with Gasteiger partial charge in [0.15, 0.2) is 5.78 Å². The number of Topliss-reactive ketones (excluding diaryl/α,β-unsaturated/α-hetero) is 1. The Hall–Kier alpha value is -2.80. The largest absolute Gasteiger partial charge is 0.367 e. The summed E-state index contributed by atoms with van der Waals surface area (Å²) in [6.45, 7) is 4.34. The molecule has 2 aliphatic heterocycles. The molecule has 168 valence electrons. The van der Waals surface area contributed by atoms with Crippen molar-refractivity contribution in [2.75, 3.05) is 13.2 Å². The van der Waals surface area contributed by atoms with E-state index in [1.54, 1.807) is 23.2 Å². The van der Waals surface area contributed by atoms with E-state index in [4.69, 9.17) is 4.74 Å². The maximum atomic E-state index is 13.8. The van der Waals surface area contributed by atoms with Gasteiger partial charge in [-0.25, -0.2) is 0 Å². The molecule has 0 spiro atoms. The van der Waals surface area contributed by atoms with Gasteiger partial charge < -0.3 is 15.0 Å². The average Bonchev–Trinajstić information content (AvgIpc) is 3.49. The van der Waals surface area contributed by atoms with Gasteiger partial charge in [-0.2, -0.15) is 0 Å². The normalized spacial score (nSPS) is 28.8. The van der Waals surface area contributed by atoms with Crippen molar-refractivity contribution in [2.24, 2.45) is 11.8 Å². The van der Waals surface area contributed by atoms with E-state index < -0.39 is 11.6 Å². The van der Waals surface area contributed by atoms with Crippen LogP contribution in [0.25, 0.3) is 10.9 Å². The molecule has 0 bridgehead atoms. The summed E-state index contributed by atoms with van der Waals surface area (Å²) in [6, 6.07) is 8.46. The van der Waals surface area contributed by atoms with Gasteiger partial charge in [0, 0.05) is 29.6 Å². The topological polar surface area (TPSA) is 88.6 Å². The number of nitrogens with one attached hydrogen (secondary N) is 1. The number of likely N-dealkylation sites (tertiary alicyclic amines) is 1. The number of hydrogen-bond donors (Lipinski definition) is 1. The van der Waals surface area contributed by atoms with Crippen LogP contribution in [0.15, 0.2) is 36.5 Å². The van der Waals surface area contributed by atoms with E-state index >= 15 is 0 Å². The number of ether oxygens (including phenoxy) is 1. The maximum Gasteiger partial charge on any atom is 0.251 e. The predicted molar refractivity (Wildman–Crippen MR) is 119 cm³/mol. The number of hydrogen-bond acceptors (Lipinski definition) is 5. The summed E-state index contributed by atoms with van der Waals surface area (Å²) >= 11 is 0. The van der Waals surface area contributed by atoms with E-state index in [0.29, 0.717) is 12.1 Å². The first kappa shape index (κ1) is 21.1. The first-order valence-electron chi connectivity index (χ1n) is 11.5. The van der Waals surface area contributed by atoms with Crippen molar-refractivity contribution in [3.63, 3.8) is 0 Å². The molecule has 3 heterocycles. The molecule has 7 nitrogen and oxygen atoms in total. The number of carbonyl (C=O) groups excluding carboxylic acids is 3. The Morgan fingerprint density at radius 2 is 2.03 bits per heavy atom. The van der Waals surface area contributed by atoms with Crippen LogP contribution in [0.4, 0.5) is 0 Å². The highest BCUT2D eigenvalue weighted by Crippen LogP contribution is 2.42. The van der Waals surface area contributed by atoms with Crippen molar-refractivity contribution >= 4 is 28.5 Å². The third-order valence-corrected chi connectivity index (χ3v) is 7.62. The molecule has 0 radical (unpaired) electrons.